The maximum atomic E-state index is 6.03. The lowest BCUT2D eigenvalue weighted by molar-refractivity contribution is 1.20. The van der Waals surface area contributed by atoms with Crippen LogP contribution in [-0.2, 0) is 0 Å². The minimum atomic E-state index is 0.523. The molecular formula is C12H10Cl2N2. The van der Waals surface area contributed by atoms with Crippen molar-refractivity contribution >= 4 is 23.2 Å². The molecule has 2 rings (SSSR count). The normalized spacial score (nSPS) is 10.5. The second kappa shape index (κ2) is 4.40. The molecule has 16 heavy (non-hydrogen) atoms. The quantitative estimate of drug-likeness (QED) is 0.716. The minimum Gasteiger partial charge on any atom is -0.259 e. The third-order valence-electron chi connectivity index (χ3n) is 2.37. The monoisotopic (exact) mass is 252 g/mol. The third-order valence-corrected chi connectivity index (χ3v) is 3.15. The molecule has 2 nitrogen and oxygen atoms in total. The first kappa shape index (κ1) is 11.4. The molecule has 2 aromatic rings. The summed E-state index contributed by atoms with van der Waals surface area (Å²) in [5, 5.41) is 1.18. The van der Waals surface area contributed by atoms with Gasteiger partial charge in [-0.3, -0.25) is 4.98 Å². The summed E-state index contributed by atoms with van der Waals surface area (Å²) >= 11 is 11.9. The predicted molar refractivity (Wildman–Crippen MR) is 67.0 cm³/mol. The molecule has 4 heteroatoms. The number of hydrogen-bond acceptors (Lipinski definition) is 2. The summed E-state index contributed by atoms with van der Waals surface area (Å²) in [7, 11) is 0. The summed E-state index contributed by atoms with van der Waals surface area (Å²) in [6.07, 6.45) is 3.50. The van der Waals surface area contributed by atoms with Crippen molar-refractivity contribution in [1.29, 1.82) is 0 Å². The molecule has 2 heterocycles. The Morgan fingerprint density at radius 3 is 2.19 bits per heavy atom. The summed E-state index contributed by atoms with van der Waals surface area (Å²) in [4.78, 5) is 8.32. The standard InChI is InChI=1S/C12H10Cl2N2/c1-7-3-9(6-16-12(7)14)10-4-11(13)8(2)15-5-10/h3-6H,1-2H3. The van der Waals surface area contributed by atoms with Gasteiger partial charge < -0.3 is 0 Å². The van der Waals surface area contributed by atoms with Gasteiger partial charge in [-0.15, -0.1) is 0 Å². The number of pyridine rings is 2. The maximum Gasteiger partial charge on any atom is 0.131 e. The molecular weight excluding hydrogens is 243 g/mol. The molecule has 0 saturated carbocycles. The van der Waals surface area contributed by atoms with E-state index in [-0.39, 0.29) is 0 Å². The number of aryl methyl sites for hydroxylation is 2. The first-order valence-electron chi connectivity index (χ1n) is 4.82. The molecule has 0 atom stereocenters. The van der Waals surface area contributed by atoms with Crippen LogP contribution in [0, 0.1) is 13.8 Å². The molecule has 0 N–H and O–H groups in total. The van der Waals surface area contributed by atoms with E-state index >= 15 is 0 Å². The van der Waals surface area contributed by atoms with Crippen LogP contribution in [0.15, 0.2) is 24.5 Å². The molecule has 2 aromatic heterocycles. The lowest BCUT2D eigenvalue weighted by Gasteiger charge is -2.05. The van der Waals surface area contributed by atoms with E-state index in [1.807, 2.05) is 26.0 Å². The maximum absolute atomic E-state index is 6.03. The van der Waals surface area contributed by atoms with Gasteiger partial charge in [0, 0.05) is 23.5 Å². The van der Waals surface area contributed by atoms with Gasteiger partial charge in [-0.2, -0.15) is 0 Å². The van der Waals surface area contributed by atoms with Gasteiger partial charge in [0.05, 0.1) is 10.7 Å². The van der Waals surface area contributed by atoms with Crippen molar-refractivity contribution in [1.82, 2.24) is 9.97 Å². The van der Waals surface area contributed by atoms with Crippen molar-refractivity contribution in [2.24, 2.45) is 0 Å². The van der Waals surface area contributed by atoms with Gasteiger partial charge in [0.15, 0.2) is 0 Å². The van der Waals surface area contributed by atoms with Gasteiger partial charge in [0.1, 0.15) is 5.15 Å². The van der Waals surface area contributed by atoms with Gasteiger partial charge in [-0.05, 0) is 31.5 Å². The lowest BCUT2D eigenvalue weighted by atomic mass is 10.1. The Labute approximate surface area is 104 Å². The second-order valence-corrected chi connectivity index (χ2v) is 4.39. The molecule has 0 aliphatic rings. The number of aromatic nitrogens is 2. The Kier molecular flexibility index (Phi) is 3.13. The fourth-order valence-electron chi connectivity index (χ4n) is 1.38. The summed E-state index contributed by atoms with van der Waals surface area (Å²) < 4.78 is 0. The van der Waals surface area contributed by atoms with E-state index in [0.717, 1.165) is 22.4 Å². The Morgan fingerprint density at radius 1 is 0.938 bits per heavy atom. The van der Waals surface area contributed by atoms with Crippen LogP contribution in [0.25, 0.3) is 11.1 Å². The minimum absolute atomic E-state index is 0.523. The molecule has 0 aromatic carbocycles. The first-order chi connectivity index (χ1) is 7.58. The van der Waals surface area contributed by atoms with Crippen LogP contribution >= 0.6 is 23.2 Å². The summed E-state index contributed by atoms with van der Waals surface area (Å²) in [6, 6.07) is 3.85. The highest BCUT2D eigenvalue weighted by Gasteiger charge is 2.04. The zero-order valence-electron chi connectivity index (χ0n) is 8.96. The van der Waals surface area contributed by atoms with E-state index in [2.05, 4.69) is 9.97 Å². The van der Waals surface area contributed by atoms with Crippen LogP contribution in [0.1, 0.15) is 11.3 Å². The Morgan fingerprint density at radius 2 is 1.56 bits per heavy atom. The van der Waals surface area contributed by atoms with Gasteiger partial charge in [0.2, 0.25) is 0 Å². The van der Waals surface area contributed by atoms with Crippen LogP contribution in [0.5, 0.6) is 0 Å². The number of nitrogens with zero attached hydrogens (tertiary/aromatic N) is 2. The highest BCUT2D eigenvalue weighted by atomic mass is 35.5. The zero-order chi connectivity index (χ0) is 11.7. The van der Waals surface area contributed by atoms with Crippen molar-refractivity contribution in [2.45, 2.75) is 13.8 Å². The molecule has 0 unspecified atom stereocenters. The molecule has 0 amide bonds. The molecule has 0 aliphatic heterocycles. The third kappa shape index (κ3) is 2.18. The number of rotatable bonds is 1. The largest absolute Gasteiger partial charge is 0.259 e. The van der Waals surface area contributed by atoms with Crippen molar-refractivity contribution in [3.8, 4) is 11.1 Å². The Balaban J connectivity index is 2.50. The average molecular weight is 253 g/mol. The van der Waals surface area contributed by atoms with Gasteiger partial charge in [0.25, 0.3) is 0 Å². The van der Waals surface area contributed by atoms with Crippen molar-refractivity contribution in [3.63, 3.8) is 0 Å². The molecule has 82 valence electrons. The summed E-state index contributed by atoms with van der Waals surface area (Å²) in [5.41, 5.74) is 3.68. The van der Waals surface area contributed by atoms with Crippen LogP contribution in [0.3, 0.4) is 0 Å². The fraction of sp³-hybridized carbons (Fsp3) is 0.167. The van der Waals surface area contributed by atoms with Crippen molar-refractivity contribution < 1.29 is 0 Å². The van der Waals surface area contributed by atoms with E-state index in [1.165, 1.54) is 0 Å². The van der Waals surface area contributed by atoms with Gasteiger partial charge >= 0.3 is 0 Å². The Bertz CT molecular complexity index is 489. The lowest BCUT2D eigenvalue weighted by Crippen LogP contribution is -1.88. The van der Waals surface area contributed by atoms with E-state index in [4.69, 9.17) is 23.2 Å². The smallest absolute Gasteiger partial charge is 0.131 e. The highest BCUT2D eigenvalue weighted by Crippen LogP contribution is 2.25. The van der Waals surface area contributed by atoms with Crippen molar-refractivity contribution in [3.05, 3.63) is 46.0 Å². The molecule has 0 spiro atoms. The second-order valence-electron chi connectivity index (χ2n) is 3.62. The highest BCUT2D eigenvalue weighted by molar-refractivity contribution is 6.31. The van der Waals surface area contributed by atoms with Crippen LogP contribution < -0.4 is 0 Å². The topological polar surface area (TPSA) is 25.8 Å². The average Bonchev–Trinajstić information content (AvgIpc) is 2.26. The molecule has 0 bridgehead atoms. The van der Waals surface area contributed by atoms with Crippen molar-refractivity contribution in [2.75, 3.05) is 0 Å². The molecule has 0 aliphatic carbocycles. The number of hydrogen-bond donors (Lipinski definition) is 0. The molecule has 0 fully saturated rings. The van der Waals surface area contributed by atoms with Crippen LogP contribution in [0.2, 0.25) is 10.2 Å². The summed E-state index contributed by atoms with van der Waals surface area (Å²) in [6.45, 7) is 3.79. The first-order valence-corrected chi connectivity index (χ1v) is 5.58. The predicted octanol–water partition coefficient (Wildman–Crippen LogP) is 4.07. The van der Waals surface area contributed by atoms with Crippen LogP contribution in [0.4, 0.5) is 0 Å². The van der Waals surface area contributed by atoms with Gasteiger partial charge in [-0.25, -0.2) is 4.98 Å². The van der Waals surface area contributed by atoms with E-state index in [9.17, 15) is 0 Å². The molecule has 0 radical (unpaired) electrons. The van der Waals surface area contributed by atoms with Gasteiger partial charge in [-0.1, -0.05) is 23.2 Å². The zero-order valence-corrected chi connectivity index (χ0v) is 10.5. The summed E-state index contributed by atoms with van der Waals surface area (Å²) in [5.74, 6) is 0. The fourth-order valence-corrected chi connectivity index (χ4v) is 1.65. The number of halogens is 2. The van der Waals surface area contributed by atoms with Crippen LogP contribution in [-0.4, -0.2) is 9.97 Å². The Hall–Kier alpha value is -1.12. The SMILES string of the molecule is Cc1cc(-c2cnc(C)c(Cl)c2)cnc1Cl. The van der Waals surface area contributed by atoms with E-state index in [1.54, 1.807) is 12.4 Å². The molecule has 0 saturated heterocycles. The van der Waals surface area contributed by atoms with E-state index < -0.39 is 0 Å². The van der Waals surface area contributed by atoms with E-state index in [0.29, 0.717) is 10.2 Å².